The Morgan fingerprint density at radius 1 is 1.18 bits per heavy atom. The summed E-state index contributed by atoms with van der Waals surface area (Å²) in [6.07, 6.45) is 7.87. The first-order valence-electron chi connectivity index (χ1n) is 11.2. The second-order valence-electron chi connectivity index (χ2n) is 8.40. The number of nitrogens with zero attached hydrogens (tertiary/aromatic N) is 4. The van der Waals surface area contributed by atoms with Gasteiger partial charge in [-0.05, 0) is 54.3 Å². The Kier molecular flexibility index (Phi) is 5.57. The minimum Gasteiger partial charge on any atom is -0.355 e. The van der Waals surface area contributed by atoms with Crippen molar-refractivity contribution in [3.63, 3.8) is 0 Å². The van der Waals surface area contributed by atoms with E-state index < -0.39 is 11.7 Å². The second-order valence-corrected chi connectivity index (χ2v) is 8.40. The molecule has 1 saturated carbocycles. The molecule has 0 unspecified atom stereocenters. The van der Waals surface area contributed by atoms with Crippen molar-refractivity contribution in [2.45, 2.75) is 24.7 Å². The van der Waals surface area contributed by atoms with Crippen molar-refractivity contribution in [3.05, 3.63) is 89.1 Å². The standard InChI is InChI=1S/C26H25FN6O/c1-28-24(34)20-7-5-17(14-21(20)27)9-13-31-25-32-16-23(33(25)29-2)26(10-11-26)19-6-8-22-18(15-19)4-3-12-30-22/h3-8,12-16,29H,9-11H2,1-2H3,(H,28,34)/b31-13-. The van der Waals surface area contributed by atoms with Crippen molar-refractivity contribution < 1.29 is 9.18 Å². The highest BCUT2D eigenvalue weighted by molar-refractivity contribution is 5.94. The molecular weight excluding hydrogens is 431 g/mol. The van der Waals surface area contributed by atoms with Gasteiger partial charge in [0.2, 0.25) is 5.95 Å². The van der Waals surface area contributed by atoms with E-state index in [1.807, 2.05) is 24.0 Å². The van der Waals surface area contributed by atoms with Crippen LogP contribution in [0.5, 0.6) is 0 Å². The van der Waals surface area contributed by atoms with E-state index in [1.54, 1.807) is 18.5 Å². The van der Waals surface area contributed by atoms with Crippen molar-refractivity contribution in [2.75, 3.05) is 19.5 Å². The first-order chi connectivity index (χ1) is 16.6. The SMILES string of the molecule is CNC(=O)c1ccc(C/C=N\c2ncc(C3(c4ccc5ncccc5c4)CC3)n2NC)cc1F. The zero-order valence-corrected chi connectivity index (χ0v) is 19.0. The van der Waals surface area contributed by atoms with E-state index in [2.05, 4.69) is 50.0 Å². The van der Waals surface area contributed by atoms with Gasteiger partial charge in [-0.1, -0.05) is 18.2 Å². The number of rotatable bonds is 7. The molecule has 8 heteroatoms. The third-order valence-electron chi connectivity index (χ3n) is 6.40. The van der Waals surface area contributed by atoms with E-state index in [0.717, 1.165) is 35.0 Å². The summed E-state index contributed by atoms with van der Waals surface area (Å²) in [7, 11) is 3.32. The molecule has 0 aliphatic heterocycles. The molecule has 2 heterocycles. The van der Waals surface area contributed by atoms with Crippen molar-refractivity contribution in [1.82, 2.24) is 20.0 Å². The van der Waals surface area contributed by atoms with Gasteiger partial charge in [-0.3, -0.25) is 9.78 Å². The number of halogens is 1. The molecule has 2 N–H and O–H groups in total. The van der Waals surface area contributed by atoms with Crippen LogP contribution in [0.4, 0.5) is 10.3 Å². The highest BCUT2D eigenvalue weighted by atomic mass is 19.1. The fourth-order valence-corrected chi connectivity index (χ4v) is 4.42. The number of fused-ring (bicyclic) bond motifs is 1. The highest BCUT2D eigenvalue weighted by Crippen LogP contribution is 2.54. The van der Waals surface area contributed by atoms with Crippen LogP contribution in [0.25, 0.3) is 10.9 Å². The fraction of sp³-hybridized carbons (Fsp3) is 0.231. The lowest BCUT2D eigenvalue weighted by molar-refractivity contribution is 0.0959. The number of hydrogen-bond acceptors (Lipinski definition) is 5. The summed E-state index contributed by atoms with van der Waals surface area (Å²) in [4.78, 5) is 25.2. The van der Waals surface area contributed by atoms with Crippen LogP contribution in [0.3, 0.4) is 0 Å². The summed E-state index contributed by atoms with van der Waals surface area (Å²) in [6, 6.07) is 15.0. The molecule has 2 aromatic carbocycles. The molecule has 2 aromatic heterocycles. The maximum atomic E-state index is 14.2. The topological polar surface area (TPSA) is 84.2 Å². The van der Waals surface area contributed by atoms with E-state index in [9.17, 15) is 9.18 Å². The smallest absolute Gasteiger partial charge is 0.253 e. The average Bonchev–Trinajstić information content (AvgIpc) is 3.57. The monoisotopic (exact) mass is 456 g/mol. The molecule has 5 rings (SSSR count). The second kappa shape index (κ2) is 8.70. The summed E-state index contributed by atoms with van der Waals surface area (Å²) < 4.78 is 16.1. The molecule has 1 aliphatic carbocycles. The molecule has 0 radical (unpaired) electrons. The van der Waals surface area contributed by atoms with E-state index in [4.69, 9.17) is 0 Å². The van der Waals surface area contributed by atoms with Gasteiger partial charge in [0.05, 0.1) is 23.0 Å². The molecule has 1 amide bonds. The van der Waals surface area contributed by atoms with Crippen LogP contribution in [0.2, 0.25) is 0 Å². The van der Waals surface area contributed by atoms with Gasteiger partial charge >= 0.3 is 0 Å². The summed E-state index contributed by atoms with van der Waals surface area (Å²) in [6.45, 7) is 0. The number of aliphatic imine (C=N–C) groups is 1. The van der Waals surface area contributed by atoms with Gasteiger partial charge in [-0.25, -0.2) is 19.0 Å². The van der Waals surface area contributed by atoms with Crippen molar-refractivity contribution in [1.29, 1.82) is 0 Å². The quantitative estimate of drug-likeness (QED) is 0.410. The third kappa shape index (κ3) is 3.81. The predicted octanol–water partition coefficient (Wildman–Crippen LogP) is 4.13. The molecule has 34 heavy (non-hydrogen) atoms. The largest absolute Gasteiger partial charge is 0.355 e. The lowest BCUT2D eigenvalue weighted by Crippen LogP contribution is -2.20. The third-order valence-corrected chi connectivity index (χ3v) is 6.40. The summed E-state index contributed by atoms with van der Waals surface area (Å²) in [5, 5.41) is 3.55. The van der Waals surface area contributed by atoms with Crippen LogP contribution in [0.15, 0.2) is 65.9 Å². The number of aromatic nitrogens is 3. The molecule has 1 fully saturated rings. The van der Waals surface area contributed by atoms with Crippen molar-refractivity contribution in [3.8, 4) is 0 Å². The number of carbonyl (C=O) groups excluding carboxylic acids is 1. The van der Waals surface area contributed by atoms with E-state index in [-0.39, 0.29) is 11.0 Å². The van der Waals surface area contributed by atoms with Gasteiger partial charge < -0.3 is 10.7 Å². The number of imidazole rings is 1. The van der Waals surface area contributed by atoms with E-state index in [0.29, 0.717) is 12.4 Å². The van der Waals surface area contributed by atoms with Crippen LogP contribution in [-0.2, 0) is 11.8 Å². The number of carbonyl (C=O) groups is 1. The molecule has 0 saturated heterocycles. The Hall–Kier alpha value is -4.07. The zero-order chi connectivity index (χ0) is 23.7. The first kappa shape index (κ1) is 21.8. The molecule has 0 spiro atoms. The number of benzene rings is 2. The lowest BCUT2D eigenvalue weighted by atomic mass is 9.91. The minimum atomic E-state index is -0.550. The summed E-state index contributed by atoms with van der Waals surface area (Å²) in [5.41, 5.74) is 7.13. The zero-order valence-electron chi connectivity index (χ0n) is 19.0. The highest BCUT2D eigenvalue weighted by Gasteiger charge is 2.49. The van der Waals surface area contributed by atoms with Crippen LogP contribution in [0.1, 0.15) is 40.0 Å². The number of hydrogen-bond donors (Lipinski definition) is 2. The Balaban J connectivity index is 1.38. The molecule has 7 nitrogen and oxygen atoms in total. The van der Waals surface area contributed by atoms with E-state index in [1.165, 1.54) is 24.7 Å². The van der Waals surface area contributed by atoms with Crippen LogP contribution >= 0.6 is 0 Å². The van der Waals surface area contributed by atoms with Gasteiger partial charge in [-0.2, -0.15) is 0 Å². The number of pyridine rings is 1. The van der Waals surface area contributed by atoms with E-state index >= 15 is 0 Å². The Morgan fingerprint density at radius 3 is 2.76 bits per heavy atom. The normalized spacial score (nSPS) is 14.4. The molecular formula is C26H25FN6O. The Labute approximate surface area is 196 Å². The van der Waals surface area contributed by atoms with Crippen molar-refractivity contribution >= 4 is 29.0 Å². The molecule has 1 aliphatic rings. The van der Waals surface area contributed by atoms with Crippen molar-refractivity contribution in [2.24, 2.45) is 4.99 Å². The number of amides is 1. The lowest BCUT2D eigenvalue weighted by Gasteiger charge is -2.19. The van der Waals surface area contributed by atoms with Gasteiger partial charge in [0.1, 0.15) is 5.82 Å². The van der Waals surface area contributed by atoms with Crippen LogP contribution in [-0.4, -0.2) is 40.9 Å². The summed E-state index contributed by atoms with van der Waals surface area (Å²) >= 11 is 0. The van der Waals surface area contributed by atoms with Gasteiger partial charge in [0.15, 0.2) is 0 Å². The predicted molar refractivity (Wildman–Crippen MR) is 131 cm³/mol. The molecule has 0 atom stereocenters. The van der Waals surface area contributed by atoms with Gasteiger partial charge in [0.25, 0.3) is 5.91 Å². The Bertz CT molecular complexity index is 1410. The molecule has 0 bridgehead atoms. The number of nitrogens with one attached hydrogen (secondary N) is 2. The molecule has 172 valence electrons. The van der Waals surface area contributed by atoms with Crippen LogP contribution < -0.4 is 10.7 Å². The fourth-order valence-electron chi connectivity index (χ4n) is 4.42. The molecule has 4 aromatic rings. The summed E-state index contributed by atoms with van der Waals surface area (Å²) in [5.74, 6) is -0.461. The van der Waals surface area contributed by atoms with Gasteiger partial charge in [-0.15, -0.1) is 0 Å². The first-order valence-corrected chi connectivity index (χ1v) is 11.2. The Morgan fingerprint density at radius 2 is 2.03 bits per heavy atom. The minimum absolute atomic E-state index is 0.0257. The average molecular weight is 457 g/mol. The van der Waals surface area contributed by atoms with Gasteiger partial charge in [0, 0.05) is 43.7 Å². The maximum absolute atomic E-state index is 14.2. The maximum Gasteiger partial charge on any atom is 0.253 e. The van der Waals surface area contributed by atoms with Crippen LogP contribution in [0, 0.1) is 5.82 Å².